The van der Waals surface area contributed by atoms with Crippen molar-refractivity contribution >= 4 is 5.91 Å². The van der Waals surface area contributed by atoms with Gasteiger partial charge in [0.1, 0.15) is 0 Å². The second-order valence-electron chi connectivity index (χ2n) is 5.67. The molecule has 1 heterocycles. The minimum atomic E-state index is -0.226. The summed E-state index contributed by atoms with van der Waals surface area (Å²) in [5.74, 6) is 0.776. The summed E-state index contributed by atoms with van der Waals surface area (Å²) in [5.41, 5.74) is 0. The van der Waals surface area contributed by atoms with Gasteiger partial charge in [0, 0.05) is 13.1 Å². The Morgan fingerprint density at radius 3 is 2.50 bits per heavy atom. The third kappa shape index (κ3) is 5.83. The lowest BCUT2D eigenvalue weighted by molar-refractivity contribution is -0.134. The van der Waals surface area contributed by atoms with Crippen LogP contribution >= 0.6 is 0 Å². The number of aliphatic hydroxyl groups is 1. The summed E-state index contributed by atoms with van der Waals surface area (Å²) in [5, 5.41) is 9.38. The van der Waals surface area contributed by atoms with E-state index < -0.39 is 0 Å². The van der Waals surface area contributed by atoms with Gasteiger partial charge in [-0.2, -0.15) is 0 Å². The molecule has 1 fully saturated rings. The summed E-state index contributed by atoms with van der Waals surface area (Å²) in [4.78, 5) is 13.7. The summed E-state index contributed by atoms with van der Waals surface area (Å²) >= 11 is 0. The van der Waals surface area contributed by atoms with Gasteiger partial charge < -0.3 is 14.7 Å². The molecular weight excluding hydrogens is 230 g/mol. The van der Waals surface area contributed by atoms with Crippen LogP contribution in [0.25, 0.3) is 0 Å². The number of piperidine rings is 1. The summed E-state index contributed by atoms with van der Waals surface area (Å²) in [6.07, 6.45) is 2.90. The Hall–Kier alpha value is -0.610. The molecule has 0 bridgehead atoms. The third-order valence-corrected chi connectivity index (χ3v) is 3.34. The maximum Gasteiger partial charge on any atom is 0.224 e. The van der Waals surface area contributed by atoms with Crippen molar-refractivity contribution in [1.82, 2.24) is 4.90 Å². The van der Waals surface area contributed by atoms with Gasteiger partial charge in [0.25, 0.3) is 0 Å². The van der Waals surface area contributed by atoms with Crippen molar-refractivity contribution in [2.45, 2.75) is 58.7 Å². The molecule has 1 N–H and O–H groups in total. The predicted molar refractivity (Wildman–Crippen MR) is 71.3 cm³/mol. The molecule has 0 radical (unpaired) electrons. The van der Waals surface area contributed by atoms with Crippen LogP contribution in [0.2, 0.25) is 0 Å². The van der Waals surface area contributed by atoms with Gasteiger partial charge in [-0.05, 0) is 32.1 Å². The average Bonchev–Trinajstić information content (AvgIpc) is 2.28. The molecule has 4 nitrogen and oxygen atoms in total. The van der Waals surface area contributed by atoms with Gasteiger partial charge in [-0.3, -0.25) is 4.79 Å². The molecule has 18 heavy (non-hydrogen) atoms. The second kappa shape index (κ2) is 7.74. The number of aliphatic hydroxyl groups excluding tert-OH is 1. The quantitative estimate of drug-likeness (QED) is 0.789. The monoisotopic (exact) mass is 257 g/mol. The van der Waals surface area contributed by atoms with E-state index in [4.69, 9.17) is 4.74 Å². The minimum Gasteiger partial charge on any atom is -0.393 e. The molecule has 4 heteroatoms. The smallest absolute Gasteiger partial charge is 0.224 e. The number of ether oxygens (including phenoxy) is 1. The Balaban J connectivity index is 2.13. The first kappa shape index (κ1) is 15.4. The Morgan fingerprint density at radius 1 is 1.33 bits per heavy atom. The van der Waals surface area contributed by atoms with Crippen LogP contribution in [-0.4, -0.2) is 47.8 Å². The van der Waals surface area contributed by atoms with E-state index in [-0.39, 0.29) is 18.1 Å². The first-order valence-corrected chi connectivity index (χ1v) is 7.06. The number of hydrogen-bond donors (Lipinski definition) is 1. The van der Waals surface area contributed by atoms with Gasteiger partial charge >= 0.3 is 0 Å². The van der Waals surface area contributed by atoms with Crippen molar-refractivity contribution in [2.24, 2.45) is 5.92 Å². The van der Waals surface area contributed by atoms with E-state index in [2.05, 4.69) is 20.8 Å². The fourth-order valence-corrected chi connectivity index (χ4v) is 2.35. The van der Waals surface area contributed by atoms with Crippen LogP contribution < -0.4 is 0 Å². The maximum absolute atomic E-state index is 11.9. The van der Waals surface area contributed by atoms with Crippen molar-refractivity contribution in [2.75, 3.05) is 19.7 Å². The number of nitrogens with zero attached hydrogens (tertiary/aromatic N) is 1. The summed E-state index contributed by atoms with van der Waals surface area (Å²) in [7, 11) is 0. The first-order valence-electron chi connectivity index (χ1n) is 7.06. The highest BCUT2D eigenvalue weighted by atomic mass is 16.5. The molecule has 1 atom stereocenters. The Labute approximate surface area is 110 Å². The maximum atomic E-state index is 11.9. The molecule has 1 saturated heterocycles. The zero-order valence-corrected chi connectivity index (χ0v) is 11.9. The molecule has 0 aliphatic carbocycles. The molecule has 1 rings (SSSR count). The highest BCUT2D eigenvalue weighted by Gasteiger charge is 2.20. The van der Waals surface area contributed by atoms with E-state index in [1.54, 1.807) is 0 Å². The molecule has 1 aliphatic heterocycles. The highest BCUT2D eigenvalue weighted by Crippen LogP contribution is 2.12. The standard InChI is InChI=1S/C14H27NO3/c1-11(2)10-12(3)18-9-6-14(17)15-7-4-13(16)5-8-15/h11-13,16H,4-10H2,1-3H3/t12-/m0/s1. The van der Waals surface area contributed by atoms with Gasteiger partial charge in [-0.15, -0.1) is 0 Å². The van der Waals surface area contributed by atoms with Crippen LogP contribution in [0, 0.1) is 5.92 Å². The van der Waals surface area contributed by atoms with E-state index in [1.165, 1.54) is 0 Å². The predicted octanol–water partition coefficient (Wildman–Crippen LogP) is 1.81. The van der Waals surface area contributed by atoms with Gasteiger partial charge in [-0.1, -0.05) is 13.8 Å². The van der Waals surface area contributed by atoms with E-state index in [1.807, 2.05) is 4.90 Å². The Morgan fingerprint density at radius 2 is 1.94 bits per heavy atom. The van der Waals surface area contributed by atoms with Crippen LogP contribution in [-0.2, 0) is 9.53 Å². The number of likely N-dealkylation sites (tertiary alicyclic amines) is 1. The lowest BCUT2D eigenvalue weighted by Gasteiger charge is -2.29. The topological polar surface area (TPSA) is 49.8 Å². The zero-order chi connectivity index (χ0) is 13.5. The largest absolute Gasteiger partial charge is 0.393 e. The average molecular weight is 257 g/mol. The van der Waals surface area contributed by atoms with Crippen LogP contribution in [0.1, 0.15) is 46.5 Å². The molecule has 0 aromatic heterocycles. The lowest BCUT2D eigenvalue weighted by atomic mass is 10.1. The molecular formula is C14H27NO3. The normalized spacial score (nSPS) is 19.3. The van der Waals surface area contributed by atoms with Crippen molar-refractivity contribution in [3.05, 3.63) is 0 Å². The van der Waals surface area contributed by atoms with Gasteiger partial charge in [-0.25, -0.2) is 0 Å². The van der Waals surface area contributed by atoms with E-state index in [0.717, 1.165) is 6.42 Å². The van der Waals surface area contributed by atoms with Crippen LogP contribution in [0.4, 0.5) is 0 Å². The molecule has 1 aliphatic rings. The lowest BCUT2D eigenvalue weighted by Crippen LogP contribution is -2.40. The molecule has 0 unspecified atom stereocenters. The zero-order valence-electron chi connectivity index (χ0n) is 11.9. The summed E-state index contributed by atoms with van der Waals surface area (Å²) in [6.45, 7) is 8.27. The van der Waals surface area contributed by atoms with Gasteiger partial charge in [0.15, 0.2) is 0 Å². The second-order valence-corrected chi connectivity index (χ2v) is 5.67. The number of hydrogen-bond acceptors (Lipinski definition) is 3. The fraction of sp³-hybridized carbons (Fsp3) is 0.929. The molecule has 0 spiro atoms. The van der Waals surface area contributed by atoms with Crippen LogP contribution in [0.5, 0.6) is 0 Å². The SMILES string of the molecule is CC(C)C[C@H](C)OCCC(=O)N1CCC(O)CC1. The van der Waals surface area contributed by atoms with E-state index in [0.29, 0.717) is 44.9 Å². The van der Waals surface area contributed by atoms with E-state index in [9.17, 15) is 9.90 Å². The van der Waals surface area contributed by atoms with Crippen molar-refractivity contribution in [3.63, 3.8) is 0 Å². The minimum absolute atomic E-state index is 0.152. The highest BCUT2D eigenvalue weighted by molar-refractivity contribution is 5.76. The number of rotatable bonds is 6. The van der Waals surface area contributed by atoms with Crippen LogP contribution in [0.3, 0.4) is 0 Å². The molecule has 0 aromatic carbocycles. The Bertz CT molecular complexity index is 247. The number of amides is 1. The number of carbonyl (C=O) groups is 1. The molecule has 0 aromatic rings. The van der Waals surface area contributed by atoms with Crippen LogP contribution in [0.15, 0.2) is 0 Å². The molecule has 0 saturated carbocycles. The van der Waals surface area contributed by atoms with Crippen molar-refractivity contribution in [3.8, 4) is 0 Å². The van der Waals surface area contributed by atoms with Gasteiger partial charge in [0.05, 0.1) is 25.2 Å². The Kier molecular flexibility index (Phi) is 6.65. The third-order valence-electron chi connectivity index (χ3n) is 3.34. The van der Waals surface area contributed by atoms with E-state index >= 15 is 0 Å². The van der Waals surface area contributed by atoms with Crippen molar-refractivity contribution in [1.29, 1.82) is 0 Å². The summed E-state index contributed by atoms with van der Waals surface area (Å²) in [6, 6.07) is 0. The fourth-order valence-electron chi connectivity index (χ4n) is 2.35. The molecule has 106 valence electrons. The number of carbonyl (C=O) groups excluding carboxylic acids is 1. The van der Waals surface area contributed by atoms with Gasteiger partial charge in [0.2, 0.25) is 5.91 Å². The van der Waals surface area contributed by atoms with Crippen molar-refractivity contribution < 1.29 is 14.6 Å². The molecule has 1 amide bonds. The summed E-state index contributed by atoms with van der Waals surface area (Å²) < 4.78 is 5.64. The first-order chi connectivity index (χ1) is 8.49.